The lowest BCUT2D eigenvalue weighted by molar-refractivity contribution is 0.609. The second-order valence-electron chi connectivity index (χ2n) is 6.72. The Morgan fingerprint density at radius 2 is 1.79 bits per heavy atom. The smallest absolute Gasteiger partial charge is 0.255 e. The van der Waals surface area contributed by atoms with Crippen molar-refractivity contribution < 1.29 is 8.42 Å². The number of nitrogens with zero attached hydrogens (tertiary/aromatic N) is 1. The first-order chi connectivity index (χ1) is 14.0. The van der Waals surface area contributed by atoms with Crippen molar-refractivity contribution in [2.24, 2.45) is 4.99 Å². The molecular formula is C23H19ClN2O2S. The zero-order valence-electron chi connectivity index (χ0n) is 15.5. The number of halogens is 1. The first kappa shape index (κ1) is 19.4. The molecule has 0 unspecified atom stereocenters. The molecule has 3 aromatic carbocycles. The molecule has 29 heavy (non-hydrogen) atoms. The minimum atomic E-state index is -3.63. The van der Waals surface area contributed by atoms with Gasteiger partial charge in [-0.1, -0.05) is 60.1 Å². The summed E-state index contributed by atoms with van der Waals surface area (Å²) < 4.78 is 27.5. The van der Waals surface area contributed by atoms with Crippen LogP contribution in [0.4, 0.5) is 5.69 Å². The summed E-state index contributed by atoms with van der Waals surface area (Å²) >= 11 is 6.12. The van der Waals surface area contributed by atoms with Gasteiger partial charge in [-0.25, -0.2) is 8.42 Å². The van der Waals surface area contributed by atoms with Crippen molar-refractivity contribution in [3.8, 4) is 0 Å². The number of fused-ring (bicyclic) bond motifs is 1. The Balaban J connectivity index is 1.58. The van der Waals surface area contributed by atoms with Crippen molar-refractivity contribution in [2.45, 2.75) is 6.42 Å². The minimum absolute atomic E-state index is 0.490. The number of sulfonamides is 1. The molecule has 6 heteroatoms. The van der Waals surface area contributed by atoms with Crippen LogP contribution in [0, 0.1) is 0 Å². The highest BCUT2D eigenvalue weighted by Crippen LogP contribution is 2.25. The zero-order chi connectivity index (χ0) is 20.3. The fourth-order valence-electron chi connectivity index (χ4n) is 3.28. The van der Waals surface area contributed by atoms with Crippen molar-refractivity contribution >= 4 is 39.1 Å². The molecule has 1 N–H and O–H groups in total. The fraction of sp³-hybridized carbons (Fsp3) is 0.0870. The van der Waals surface area contributed by atoms with Crippen molar-refractivity contribution in [2.75, 3.05) is 11.3 Å². The summed E-state index contributed by atoms with van der Waals surface area (Å²) in [4.78, 5) is 4.67. The Labute approximate surface area is 175 Å². The van der Waals surface area contributed by atoms with E-state index in [1.54, 1.807) is 18.2 Å². The molecule has 4 rings (SSSR count). The molecule has 0 radical (unpaired) electrons. The van der Waals surface area contributed by atoms with Gasteiger partial charge in [-0.05, 0) is 47.9 Å². The Hall–Kier alpha value is -2.89. The molecule has 1 aliphatic rings. The third-order valence-electron chi connectivity index (χ3n) is 4.61. The average Bonchev–Trinajstić information content (AvgIpc) is 2.72. The molecule has 0 aromatic heterocycles. The second kappa shape index (κ2) is 8.23. The van der Waals surface area contributed by atoms with Crippen molar-refractivity contribution in [1.29, 1.82) is 0 Å². The largest absolute Gasteiger partial charge is 0.284 e. The standard InChI is InChI=1S/C23H19ClN2O2S/c24-20-9-10-22-18(15-20)11-13-25-23(22)19-7-4-8-21(16-19)26-29(27,28)14-12-17-5-2-1-3-6-17/h1-10,12,14-16,26H,11,13H2/b14-12+. The normalized spacial score (nSPS) is 13.8. The Morgan fingerprint density at radius 1 is 0.966 bits per heavy atom. The van der Waals surface area contributed by atoms with E-state index in [0.29, 0.717) is 17.3 Å². The third kappa shape index (κ3) is 4.75. The molecule has 3 aromatic rings. The lowest BCUT2D eigenvalue weighted by Gasteiger charge is -2.18. The van der Waals surface area contributed by atoms with E-state index in [1.807, 2.05) is 60.7 Å². The fourth-order valence-corrected chi connectivity index (χ4v) is 4.34. The topological polar surface area (TPSA) is 58.5 Å². The van der Waals surface area contributed by atoms with Crippen LogP contribution < -0.4 is 4.72 Å². The zero-order valence-corrected chi connectivity index (χ0v) is 17.1. The highest BCUT2D eigenvalue weighted by atomic mass is 35.5. The van der Waals surface area contributed by atoms with Crippen molar-refractivity contribution in [3.05, 3.63) is 105 Å². The quantitative estimate of drug-likeness (QED) is 0.618. The molecule has 0 bridgehead atoms. The average molecular weight is 423 g/mol. The minimum Gasteiger partial charge on any atom is -0.284 e. The molecule has 0 fully saturated rings. The van der Waals surface area contributed by atoms with Crippen molar-refractivity contribution in [3.63, 3.8) is 0 Å². The van der Waals surface area contributed by atoms with E-state index in [0.717, 1.165) is 34.4 Å². The van der Waals surface area contributed by atoms with Gasteiger partial charge in [0.1, 0.15) is 0 Å². The number of hydrogen-bond donors (Lipinski definition) is 1. The molecule has 0 spiro atoms. The first-order valence-electron chi connectivity index (χ1n) is 9.20. The van der Waals surface area contributed by atoms with Crippen LogP contribution in [0.2, 0.25) is 5.02 Å². The summed E-state index contributed by atoms with van der Waals surface area (Å²) in [6.07, 6.45) is 2.41. The highest BCUT2D eigenvalue weighted by molar-refractivity contribution is 7.95. The van der Waals surface area contributed by atoms with Crippen LogP contribution in [0.1, 0.15) is 22.3 Å². The van der Waals surface area contributed by atoms with E-state index in [-0.39, 0.29) is 0 Å². The number of aliphatic imine (C=N–C) groups is 1. The molecule has 146 valence electrons. The molecule has 0 aliphatic carbocycles. The van der Waals surface area contributed by atoms with E-state index in [9.17, 15) is 8.42 Å². The van der Waals surface area contributed by atoms with Gasteiger partial charge in [-0.2, -0.15) is 0 Å². The number of benzene rings is 3. The molecule has 4 nitrogen and oxygen atoms in total. The van der Waals surface area contributed by atoms with Gasteiger partial charge in [0.2, 0.25) is 0 Å². The van der Waals surface area contributed by atoms with Crippen LogP contribution in [0.15, 0.2) is 83.2 Å². The summed E-state index contributed by atoms with van der Waals surface area (Å²) in [5, 5.41) is 1.88. The Kier molecular flexibility index (Phi) is 5.51. The van der Waals surface area contributed by atoms with Crippen LogP contribution in [-0.2, 0) is 16.4 Å². The van der Waals surface area contributed by atoms with Crippen LogP contribution >= 0.6 is 11.6 Å². The van der Waals surface area contributed by atoms with Gasteiger partial charge < -0.3 is 0 Å². The van der Waals surface area contributed by atoms with Crippen LogP contribution in [0.3, 0.4) is 0 Å². The lowest BCUT2D eigenvalue weighted by Crippen LogP contribution is -2.15. The molecule has 1 heterocycles. The predicted octanol–water partition coefficient (Wildman–Crippen LogP) is 5.15. The SMILES string of the molecule is O=S(=O)(/C=C/c1ccccc1)Nc1cccc(C2=NCCc3cc(Cl)ccc32)c1. The van der Waals surface area contributed by atoms with Gasteiger partial charge in [-0.3, -0.25) is 9.71 Å². The highest BCUT2D eigenvalue weighted by Gasteiger charge is 2.17. The van der Waals surface area contributed by atoms with Crippen LogP contribution in [0.25, 0.3) is 6.08 Å². The molecule has 0 saturated heterocycles. The van der Waals surface area contributed by atoms with Crippen molar-refractivity contribution in [1.82, 2.24) is 0 Å². The number of anilines is 1. The maximum Gasteiger partial charge on any atom is 0.255 e. The van der Waals surface area contributed by atoms with E-state index in [2.05, 4.69) is 9.71 Å². The van der Waals surface area contributed by atoms with E-state index in [1.165, 1.54) is 5.41 Å². The summed E-state index contributed by atoms with van der Waals surface area (Å²) in [7, 11) is -3.63. The molecule has 0 saturated carbocycles. The van der Waals surface area contributed by atoms with E-state index < -0.39 is 10.0 Å². The second-order valence-corrected chi connectivity index (χ2v) is 8.73. The number of rotatable bonds is 5. The monoisotopic (exact) mass is 422 g/mol. The first-order valence-corrected chi connectivity index (χ1v) is 11.1. The summed E-state index contributed by atoms with van der Waals surface area (Å²) in [5.41, 5.74) is 5.20. The van der Waals surface area contributed by atoms with Gasteiger partial charge in [0.25, 0.3) is 10.0 Å². The molecular weight excluding hydrogens is 404 g/mol. The summed E-state index contributed by atoms with van der Waals surface area (Å²) in [6, 6.07) is 22.4. The number of nitrogens with one attached hydrogen (secondary N) is 1. The Bertz CT molecular complexity index is 1200. The van der Waals surface area contributed by atoms with Gasteiger partial charge in [0.05, 0.1) is 11.1 Å². The molecule has 0 amide bonds. The predicted molar refractivity (Wildman–Crippen MR) is 120 cm³/mol. The lowest BCUT2D eigenvalue weighted by atomic mass is 9.93. The Morgan fingerprint density at radius 3 is 2.62 bits per heavy atom. The maximum absolute atomic E-state index is 12.5. The van der Waals surface area contributed by atoms with E-state index >= 15 is 0 Å². The maximum atomic E-state index is 12.5. The molecule has 0 atom stereocenters. The summed E-state index contributed by atoms with van der Waals surface area (Å²) in [6.45, 7) is 0.679. The van der Waals surface area contributed by atoms with Crippen LogP contribution in [0.5, 0.6) is 0 Å². The third-order valence-corrected chi connectivity index (χ3v) is 5.86. The van der Waals surface area contributed by atoms with E-state index in [4.69, 9.17) is 11.6 Å². The van der Waals surface area contributed by atoms with Gasteiger partial charge in [-0.15, -0.1) is 0 Å². The number of hydrogen-bond acceptors (Lipinski definition) is 3. The molecule has 1 aliphatic heterocycles. The van der Waals surface area contributed by atoms with Crippen LogP contribution in [-0.4, -0.2) is 20.7 Å². The van der Waals surface area contributed by atoms with Gasteiger partial charge >= 0.3 is 0 Å². The van der Waals surface area contributed by atoms with Gasteiger partial charge in [0, 0.05) is 28.4 Å². The summed E-state index contributed by atoms with van der Waals surface area (Å²) in [5.74, 6) is 0. The van der Waals surface area contributed by atoms with Gasteiger partial charge in [0.15, 0.2) is 0 Å².